The lowest BCUT2D eigenvalue weighted by molar-refractivity contribution is -0.119. The number of hydrogen-bond acceptors (Lipinski definition) is 4. The molecule has 0 bridgehead atoms. The molecule has 0 saturated heterocycles. The SMILES string of the molecule is CCCn1c(SCC(=O)N[C@H](C)C(C)C)n[nH]c1=O. The van der Waals surface area contributed by atoms with Gasteiger partial charge in [0.05, 0.1) is 5.75 Å². The van der Waals surface area contributed by atoms with Crippen molar-refractivity contribution >= 4 is 17.7 Å². The Hall–Kier alpha value is -1.24. The molecule has 2 N–H and O–H groups in total. The van der Waals surface area contributed by atoms with E-state index in [2.05, 4.69) is 29.4 Å². The van der Waals surface area contributed by atoms with Gasteiger partial charge in [0, 0.05) is 12.6 Å². The van der Waals surface area contributed by atoms with Crippen LogP contribution in [0.15, 0.2) is 9.95 Å². The number of nitrogens with one attached hydrogen (secondary N) is 2. The van der Waals surface area contributed by atoms with Gasteiger partial charge in [-0.2, -0.15) is 0 Å². The van der Waals surface area contributed by atoms with E-state index in [-0.39, 0.29) is 23.4 Å². The minimum atomic E-state index is -0.222. The zero-order valence-electron chi connectivity index (χ0n) is 11.9. The molecule has 1 amide bonds. The summed E-state index contributed by atoms with van der Waals surface area (Å²) in [4.78, 5) is 23.2. The van der Waals surface area contributed by atoms with Crippen LogP contribution in [0.5, 0.6) is 0 Å². The number of rotatable bonds is 7. The highest BCUT2D eigenvalue weighted by atomic mass is 32.2. The van der Waals surface area contributed by atoms with E-state index in [1.54, 1.807) is 4.57 Å². The summed E-state index contributed by atoms with van der Waals surface area (Å²) in [6, 6.07) is 0.144. The maximum atomic E-state index is 11.7. The van der Waals surface area contributed by atoms with Gasteiger partial charge in [0.1, 0.15) is 0 Å². The number of carbonyl (C=O) groups is 1. The summed E-state index contributed by atoms with van der Waals surface area (Å²) in [5.74, 6) is 0.632. The first-order valence-corrected chi connectivity index (χ1v) is 7.51. The molecule has 0 fully saturated rings. The fraction of sp³-hybridized carbons (Fsp3) is 0.750. The second-order valence-electron chi connectivity index (χ2n) is 4.85. The van der Waals surface area contributed by atoms with E-state index in [1.165, 1.54) is 11.8 Å². The highest BCUT2D eigenvalue weighted by Gasteiger charge is 2.13. The van der Waals surface area contributed by atoms with E-state index in [0.717, 1.165) is 6.42 Å². The number of hydrogen-bond donors (Lipinski definition) is 2. The first-order chi connectivity index (χ1) is 8.95. The predicted molar refractivity (Wildman–Crippen MR) is 76.3 cm³/mol. The van der Waals surface area contributed by atoms with Crippen molar-refractivity contribution in [3.8, 4) is 0 Å². The average Bonchev–Trinajstić information content (AvgIpc) is 2.69. The smallest absolute Gasteiger partial charge is 0.343 e. The molecule has 1 aromatic rings. The van der Waals surface area contributed by atoms with Crippen molar-refractivity contribution in [2.45, 2.75) is 51.9 Å². The lowest BCUT2D eigenvalue weighted by atomic mass is 10.1. The second kappa shape index (κ2) is 7.37. The van der Waals surface area contributed by atoms with E-state index in [0.29, 0.717) is 17.6 Å². The Morgan fingerprint density at radius 2 is 2.16 bits per heavy atom. The molecule has 0 unspecified atom stereocenters. The van der Waals surface area contributed by atoms with E-state index in [1.807, 2.05) is 13.8 Å². The summed E-state index contributed by atoms with van der Waals surface area (Å²) in [7, 11) is 0. The molecule has 0 saturated carbocycles. The number of aromatic amines is 1. The molecule has 1 atom stereocenters. The predicted octanol–water partition coefficient (Wildman–Crippen LogP) is 1.23. The van der Waals surface area contributed by atoms with Gasteiger partial charge in [-0.05, 0) is 19.3 Å². The van der Waals surface area contributed by atoms with Crippen LogP contribution in [-0.4, -0.2) is 32.5 Å². The molecule has 0 radical (unpaired) electrons. The zero-order valence-corrected chi connectivity index (χ0v) is 12.7. The van der Waals surface area contributed by atoms with Gasteiger partial charge in [-0.3, -0.25) is 9.36 Å². The van der Waals surface area contributed by atoms with Crippen molar-refractivity contribution in [3.63, 3.8) is 0 Å². The highest BCUT2D eigenvalue weighted by Crippen LogP contribution is 2.13. The standard InChI is InChI=1S/C12H22N4O2S/c1-5-6-16-11(18)14-15-12(16)19-7-10(17)13-9(4)8(2)3/h8-9H,5-7H2,1-4H3,(H,13,17)(H,14,18)/t9-/m1/s1. The van der Waals surface area contributed by atoms with Gasteiger partial charge in [-0.25, -0.2) is 9.89 Å². The van der Waals surface area contributed by atoms with Crippen molar-refractivity contribution < 1.29 is 4.79 Å². The van der Waals surface area contributed by atoms with Crippen LogP contribution in [0.3, 0.4) is 0 Å². The molecule has 0 aromatic carbocycles. The summed E-state index contributed by atoms with van der Waals surface area (Å²) in [5.41, 5.74) is -0.222. The highest BCUT2D eigenvalue weighted by molar-refractivity contribution is 7.99. The molecule has 1 rings (SSSR count). The molecule has 0 aliphatic rings. The molecule has 108 valence electrons. The Morgan fingerprint density at radius 3 is 2.74 bits per heavy atom. The molecule has 1 heterocycles. The number of amides is 1. The Bertz CT molecular complexity index is 467. The normalized spacial score (nSPS) is 12.7. The van der Waals surface area contributed by atoms with Crippen LogP contribution < -0.4 is 11.0 Å². The molecule has 0 aliphatic heterocycles. The van der Waals surface area contributed by atoms with Crippen LogP contribution >= 0.6 is 11.8 Å². The zero-order chi connectivity index (χ0) is 14.4. The van der Waals surface area contributed by atoms with Crippen LogP contribution in [0, 0.1) is 5.92 Å². The lowest BCUT2D eigenvalue weighted by Gasteiger charge is -2.17. The maximum absolute atomic E-state index is 11.7. The van der Waals surface area contributed by atoms with Crippen molar-refractivity contribution in [1.29, 1.82) is 0 Å². The monoisotopic (exact) mass is 286 g/mol. The van der Waals surface area contributed by atoms with E-state index < -0.39 is 0 Å². The maximum Gasteiger partial charge on any atom is 0.343 e. The molecule has 0 spiro atoms. The van der Waals surface area contributed by atoms with Gasteiger partial charge >= 0.3 is 5.69 Å². The van der Waals surface area contributed by atoms with E-state index in [9.17, 15) is 9.59 Å². The summed E-state index contributed by atoms with van der Waals surface area (Å²) in [6.45, 7) is 8.71. The summed E-state index contributed by atoms with van der Waals surface area (Å²) in [5, 5.41) is 9.83. The fourth-order valence-electron chi connectivity index (χ4n) is 1.43. The van der Waals surface area contributed by atoms with Crippen LogP contribution in [-0.2, 0) is 11.3 Å². The largest absolute Gasteiger partial charge is 0.353 e. The molecule has 7 heteroatoms. The third-order valence-electron chi connectivity index (χ3n) is 2.89. The third kappa shape index (κ3) is 4.74. The average molecular weight is 286 g/mol. The first-order valence-electron chi connectivity index (χ1n) is 6.53. The van der Waals surface area contributed by atoms with Crippen molar-refractivity contribution in [3.05, 3.63) is 10.5 Å². The summed E-state index contributed by atoms with van der Waals surface area (Å²) < 4.78 is 1.56. The number of carbonyl (C=O) groups excluding carboxylic acids is 1. The van der Waals surface area contributed by atoms with E-state index >= 15 is 0 Å². The van der Waals surface area contributed by atoms with Crippen LogP contribution in [0.4, 0.5) is 0 Å². The summed E-state index contributed by atoms with van der Waals surface area (Å²) >= 11 is 1.28. The third-order valence-corrected chi connectivity index (χ3v) is 3.87. The Kier molecular flexibility index (Phi) is 6.14. The van der Waals surface area contributed by atoms with Gasteiger partial charge in [0.25, 0.3) is 0 Å². The van der Waals surface area contributed by atoms with Crippen molar-refractivity contribution in [2.75, 3.05) is 5.75 Å². The van der Waals surface area contributed by atoms with Gasteiger partial charge < -0.3 is 5.32 Å². The molecular formula is C12H22N4O2S. The number of nitrogens with zero attached hydrogens (tertiary/aromatic N) is 2. The molecule has 1 aromatic heterocycles. The Balaban J connectivity index is 2.53. The fourth-order valence-corrected chi connectivity index (χ4v) is 2.21. The van der Waals surface area contributed by atoms with Crippen molar-refractivity contribution in [2.24, 2.45) is 5.92 Å². The van der Waals surface area contributed by atoms with Crippen molar-refractivity contribution in [1.82, 2.24) is 20.1 Å². The van der Waals surface area contributed by atoms with Gasteiger partial charge in [-0.1, -0.05) is 32.5 Å². The number of thioether (sulfide) groups is 1. The van der Waals surface area contributed by atoms with Gasteiger partial charge in [-0.15, -0.1) is 5.10 Å². The van der Waals surface area contributed by atoms with Crippen LogP contribution in [0.25, 0.3) is 0 Å². The molecular weight excluding hydrogens is 264 g/mol. The summed E-state index contributed by atoms with van der Waals surface area (Å²) in [6.07, 6.45) is 0.851. The van der Waals surface area contributed by atoms with E-state index in [4.69, 9.17) is 0 Å². The molecule has 19 heavy (non-hydrogen) atoms. The molecule has 6 nitrogen and oxygen atoms in total. The Labute approximate surface area is 117 Å². The Morgan fingerprint density at radius 1 is 1.47 bits per heavy atom. The minimum absolute atomic E-state index is 0.0373. The number of aromatic nitrogens is 3. The second-order valence-corrected chi connectivity index (χ2v) is 5.79. The number of H-pyrrole nitrogens is 1. The molecule has 0 aliphatic carbocycles. The topological polar surface area (TPSA) is 79.8 Å². The quantitative estimate of drug-likeness (QED) is 0.739. The van der Waals surface area contributed by atoms with Gasteiger partial charge in [0.2, 0.25) is 5.91 Å². The van der Waals surface area contributed by atoms with Crippen LogP contribution in [0.2, 0.25) is 0 Å². The van der Waals surface area contributed by atoms with Crippen LogP contribution in [0.1, 0.15) is 34.1 Å². The first kappa shape index (κ1) is 15.8. The minimum Gasteiger partial charge on any atom is -0.353 e. The van der Waals surface area contributed by atoms with Gasteiger partial charge in [0.15, 0.2) is 5.16 Å². The lowest BCUT2D eigenvalue weighted by Crippen LogP contribution is -2.37.